The average Bonchev–Trinajstić information content (AvgIpc) is 2.92. The molecular formula is C17H23N5O2. The van der Waals surface area contributed by atoms with Crippen LogP contribution in [0.2, 0.25) is 0 Å². The maximum Gasteiger partial charge on any atom is 0.274 e. The second-order valence-electron chi connectivity index (χ2n) is 6.54. The summed E-state index contributed by atoms with van der Waals surface area (Å²) in [5.41, 5.74) is 7.51. The number of pyridine rings is 1. The van der Waals surface area contributed by atoms with E-state index in [1.807, 2.05) is 47.8 Å². The third-order valence-electron chi connectivity index (χ3n) is 4.48. The maximum absolute atomic E-state index is 13.0. The van der Waals surface area contributed by atoms with Crippen LogP contribution in [0.15, 0.2) is 24.4 Å². The fourth-order valence-electron chi connectivity index (χ4n) is 3.19. The Morgan fingerprint density at radius 2 is 2.00 bits per heavy atom. The minimum Gasteiger partial charge on any atom is -0.369 e. The van der Waals surface area contributed by atoms with Gasteiger partial charge in [-0.1, -0.05) is 6.07 Å². The van der Waals surface area contributed by atoms with Gasteiger partial charge in [0.25, 0.3) is 5.91 Å². The number of piperidine rings is 1. The number of primary amides is 1. The van der Waals surface area contributed by atoms with E-state index in [0.29, 0.717) is 38.2 Å². The van der Waals surface area contributed by atoms with Gasteiger partial charge in [0, 0.05) is 31.7 Å². The van der Waals surface area contributed by atoms with E-state index in [0.717, 1.165) is 11.3 Å². The SMILES string of the molecule is CN(C)Cc1c(C(=O)N2CCC(C(N)=O)CC2)nc2ccccn12. The van der Waals surface area contributed by atoms with Crippen LogP contribution in [-0.2, 0) is 11.3 Å². The van der Waals surface area contributed by atoms with E-state index < -0.39 is 0 Å². The highest BCUT2D eigenvalue weighted by Gasteiger charge is 2.29. The van der Waals surface area contributed by atoms with Gasteiger partial charge in [0.1, 0.15) is 5.65 Å². The standard InChI is InChI=1S/C17H23N5O2/c1-20(2)11-13-15(19-14-5-3-4-8-22(13)14)17(24)21-9-6-12(7-10-21)16(18)23/h3-5,8,12H,6-7,9-11H2,1-2H3,(H2,18,23). The van der Waals surface area contributed by atoms with Crippen LogP contribution >= 0.6 is 0 Å². The van der Waals surface area contributed by atoms with Crippen LogP contribution in [0.5, 0.6) is 0 Å². The predicted octanol–water partition coefficient (Wildman–Crippen LogP) is 0.733. The van der Waals surface area contributed by atoms with Crippen molar-refractivity contribution in [3.05, 3.63) is 35.8 Å². The Bertz CT molecular complexity index is 759. The highest BCUT2D eigenvalue weighted by Crippen LogP contribution is 2.21. The van der Waals surface area contributed by atoms with Crippen molar-refractivity contribution >= 4 is 17.5 Å². The molecule has 1 aliphatic heterocycles. The van der Waals surface area contributed by atoms with Crippen molar-refractivity contribution in [2.24, 2.45) is 11.7 Å². The van der Waals surface area contributed by atoms with Gasteiger partial charge in [-0.3, -0.25) is 9.59 Å². The number of likely N-dealkylation sites (tertiary alicyclic amines) is 1. The number of fused-ring (bicyclic) bond motifs is 1. The number of hydrogen-bond acceptors (Lipinski definition) is 4. The lowest BCUT2D eigenvalue weighted by Gasteiger charge is -2.30. The number of hydrogen-bond donors (Lipinski definition) is 1. The molecule has 3 rings (SSSR count). The number of rotatable bonds is 4. The third-order valence-corrected chi connectivity index (χ3v) is 4.48. The monoisotopic (exact) mass is 329 g/mol. The van der Waals surface area contributed by atoms with Crippen LogP contribution < -0.4 is 5.73 Å². The van der Waals surface area contributed by atoms with Crippen molar-refractivity contribution in [3.63, 3.8) is 0 Å². The van der Waals surface area contributed by atoms with Crippen molar-refractivity contribution < 1.29 is 9.59 Å². The first-order chi connectivity index (χ1) is 11.5. The highest BCUT2D eigenvalue weighted by atomic mass is 16.2. The summed E-state index contributed by atoms with van der Waals surface area (Å²) in [5, 5.41) is 0. The van der Waals surface area contributed by atoms with Gasteiger partial charge in [0.15, 0.2) is 5.69 Å². The Labute approximate surface area is 141 Å². The molecule has 1 fully saturated rings. The second kappa shape index (κ2) is 6.60. The van der Waals surface area contributed by atoms with Crippen molar-refractivity contribution in [2.75, 3.05) is 27.2 Å². The minimum absolute atomic E-state index is 0.0709. The van der Waals surface area contributed by atoms with Gasteiger partial charge in [-0.2, -0.15) is 0 Å². The zero-order valence-corrected chi connectivity index (χ0v) is 14.1. The summed E-state index contributed by atoms with van der Waals surface area (Å²) in [5.74, 6) is -0.474. The lowest BCUT2D eigenvalue weighted by Crippen LogP contribution is -2.42. The fraction of sp³-hybridized carbons (Fsp3) is 0.471. The summed E-state index contributed by atoms with van der Waals surface area (Å²) >= 11 is 0. The van der Waals surface area contributed by atoms with E-state index in [2.05, 4.69) is 4.98 Å². The van der Waals surface area contributed by atoms with Crippen LogP contribution in [0.25, 0.3) is 5.65 Å². The maximum atomic E-state index is 13.0. The van der Waals surface area contributed by atoms with E-state index in [-0.39, 0.29) is 17.7 Å². The normalized spacial score (nSPS) is 16.0. The lowest BCUT2D eigenvalue weighted by atomic mass is 9.96. The smallest absolute Gasteiger partial charge is 0.274 e. The molecule has 3 heterocycles. The second-order valence-corrected chi connectivity index (χ2v) is 6.54. The summed E-state index contributed by atoms with van der Waals surface area (Å²) < 4.78 is 1.96. The number of aromatic nitrogens is 2. The van der Waals surface area contributed by atoms with Gasteiger partial charge in [-0.25, -0.2) is 4.98 Å². The molecular weight excluding hydrogens is 306 g/mol. The molecule has 1 aliphatic rings. The molecule has 24 heavy (non-hydrogen) atoms. The summed E-state index contributed by atoms with van der Waals surface area (Å²) in [7, 11) is 3.93. The molecule has 0 bridgehead atoms. The van der Waals surface area contributed by atoms with Gasteiger partial charge in [-0.05, 0) is 39.1 Å². The number of amides is 2. The zero-order chi connectivity index (χ0) is 17.3. The summed E-state index contributed by atoms with van der Waals surface area (Å²) in [4.78, 5) is 32.6. The Kier molecular flexibility index (Phi) is 4.53. The highest BCUT2D eigenvalue weighted by molar-refractivity contribution is 5.94. The summed E-state index contributed by atoms with van der Waals surface area (Å²) in [6.45, 7) is 1.72. The van der Waals surface area contributed by atoms with E-state index in [4.69, 9.17) is 5.73 Å². The van der Waals surface area contributed by atoms with E-state index >= 15 is 0 Å². The molecule has 7 heteroatoms. The molecule has 128 valence electrons. The minimum atomic E-state index is -0.275. The number of nitrogens with two attached hydrogens (primary N) is 1. The average molecular weight is 329 g/mol. The number of carbonyl (C=O) groups is 2. The molecule has 2 aromatic rings. The number of nitrogens with zero attached hydrogens (tertiary/aromatic N) is 4. The topological polar surface area (TPSA) is 83.9 Å². The van der Waals surface area contributed by atoms with E-state index in [1.54, 1.807) is 4.90 Å². The molecule has 2 aromatic heterocycles. The third kappa shape index (κ3) is 3.12. The number of carbonyl (C=O) groups excluding carboxylic acids is 2. The summed E-state index contributed by atoms with van der Waals surface area (Å²) in [6, 6.07) is 5.74. The molecule has 1 saturated heterocycles. The fourth-order valence-corrected chi connectivity index (χ4v) is 3.19. The van der Waals surface area contributed by atoms with Crippen molar-refractivity contribution in [1.82, 2.24) is 19.2 Å². The Balaban J connectivity index is 1.88. The van der Waals surface area contributed by atoms with Gasteiger partial charge in [-0.15, -0.1) is 0 Å². The van der Waals surface area contributed by atoms with Gasteiger partial charge in [0.2, 0.25) is 5.91 Å². The molecule has 0 aliphatic carbocycles. The first-order valence-electron chi connectivity index (χ1n) is 8.16. The summed E-state index contributed by atoms with van der Waals surface area (Å²) in [6.07, 6.45) is 3.17. The van der Waals surface area contributed by atoms with E-state index in [9.17, 15) is 9.59 Å². The molecule has 0 aromatic carbocycles. The van der Waals surface area contributed by atoms with Crippen molar-refractivity contribution in [3.8, 4) is 0 Å². The van der Waals surface area contributed by atoms with Crippen LogP contribution in [0, 0.1) is 5.92 Å². The Hall–Kier alpha value is -2.41. The first kappa shape index (κ1) is 16.4. The molecule has 0 radical (unpaired) electrons. The van der Waals surface area contributed by atoms with Crippen molar-refractivity contribution in [2.45, 2.75) is 19.4 Å². The van der Waals surface area contributed by atoms with Crippen LogP contribution in [0.3, 0.4) is 0 Å². The van der Waals surface area contributed by atoms with Crippen molar-refractivity contribution in [1.29, 1.82) is 0 Å². The molecule has 0 atom stereocenters. The molecule has 2 amide bonds. The first-order valence-corrected chi connectivity index (χ1v) is 8.16. The van der Waals surface area contributed by atoms with Gasteiger partial charge in [0.05, 0.1) is 5.69 Å². The molecule has 0 saturated carbocycles. The van der Waals surface area contributed by atoms with Gasteiger partial charge < -0.3 is 19.9 Å². The van der Waals surface area contributed by atoms with Crippen LogP contribution in [-0.4, -0.2) is 58.2 Å². The largest absolute Gasteiger partial charge is 0.369 e. The lowest BCUT2D eigenvalue weighted by molar-refractivity contribution is -0.123. The van der Waals surface area contributed by atoms with Gasteiger partial charge >= 0.3 is 0 Å². The predicted molar refractivity (Wildman–Crippen MR) is 90.4 cm³/mol. The Morgan fingerprint density at radius 1 is 1.29 bits per heavy atom. The molecule has 0 spiro atoms. The molecule has 2 N–H and O–H groups in total. The number of imidazole rings is 1. The quantitative estimate of drug-likeness (QED) is 0.896. The Morgan fingerprint density at radius 3 is 2.62 bits per heavy atom. The van der Waals surface area contributed by atoms with Crippen LogP contribution in [0.1, 0.15) is 29.0 Å². The molecule has 7 nitrogen and oxygen atoms in total. The van der Waals surface area contributed by atoms with Crippen LogP contribution in [0.4, 0.5) is 0 Å². The zero-order valence-electron chi connectivity index (χ0n) is 14.1. The molecule has 0 unspecified atom stereocenters. The van der Waals surface area contributed by atoms with E-state index in [1.165, 1.54) is 0 Å².